The van der Waals surface area contributed by atoms with Gasteiger partial charge in [0.25, 0.3) is 0 Å². The van der Waals surface area contributed by atoms with Crippen molar-refractivity contribution < 1.29 is 18.9 Å². The van der Waals surface area contributed by atoms with E-state index in [1.54, 1.807) is 7.11 Å². The highest BCUT2D eigenvalue weighted by atomic mass is 16.5. The van der Waals surface area contributed by atoms with Crippen LogP contribution in [0.15, 0.2) is 0 Å². The van der Waals surface area contributed by atoms with Crippen molar-refractivity contribution >= 4 is 0 Å². The predicted octanol–water partition coefficient (Wildman–Crippen LogP) is 3.04. The average Bonchev–Trinajstić information content (AvgIpc) is 2.96. The molecule has 1 aliphatic rings. The van der Waals surface area contributed by atoms with Gasteiger partial charge in [0, 0.05) is 25.7 Å². The first-order chi connectivity index (χ1) is 9.65. The second-order valence-electron chi connectivity index (χ2n) is 5.91. The highest BCUT2D eigenvalue weighted by molar-refractivity contribution is 4.80. The molecule has 4 nitrogen and oxygen atoms in total. The summed E-state index contributed by atoms with van der Waals surface area (Å²) in [6.07, 6.45) is 4.79. The van der Waals surface area contributed by atoms with Gasteiger partial charge in [0.1, 0.15) is 0 Å². The molecule has 1 heterocycles. The van der Waals surface area contributed by atoms with E-state index in [0.717, 1.165) is 52.1 Å². The van der Waals surface area contributed by atoms with Crippen LogP contribution < -0.4 is 0 Å². The lowest BCUT2D eigenvalue weighted by Crippen LogP contribution is -2.36. The Kier molecular flexibility index (Phi) is 8.69. The number of ether oxygens (including phenoxy) is 4. The van der Waals surface area contributed by atoms with Gasteiger partial charge in [-0.25, -0.2) is 0 Å². The Morgan fingerprint density at radius 1 is 1.30 bits per heavy atom. The van der Waals surface area contributed by atoms with Gasteiger partial charge in [-0.2, -0.15) is 0 Å². The molecule has 20 heavy (non-hydrogen) atoms. The molecule has 3 atom stereocenters. The second kappa shape index (κ2) is 9.72. The normalized spacial score (nSPS) is 23.7. The lowest BCUT2D eigenvalue weighted by molar-refractivity contribution is -0.0658. The number of rotatable bonds is 11. The predicted molar refractivity (Wildman–Crippen MR) is 80.1 cm³/mol. The Labute approximate surface area is 124 Å². The Morgan fingerprint density at radius 2 is 2.10 bits per heavy atom. The van der Waals surface area contributed by atoms with E-state index in [1.807, 2.05) is 6.92 Å². The third-order valence-corrected chi connectivity index (χ3v) is 4.12. The lowest BCUT2D eigenvalue weighted by Gasteiger charge is -2.34. The van der Waals surface area contributed by atoms with Gasteiger partial charge in [0.2, 0.25) is 0 Å². The number of methoxy groups -OCH3 is 1. The van der Waals surface area contributed by atoms with Gasteiger partial charge >= 0.3 is 0 Å². The summed E-state index contributed by atoms with van der Waals surface area (Å²) in [5.74, 6) is 0. The van der Waals surface area contributed by atoms with Gasteiger partial charge in [0.05, 0.1) is 32.0 Å². The summed E-state index contributed by atoms with van der Waals surface area (Å²) in [4.78, 5) is 0. The molecule has 0 saturated carbocycles. The van der Waals surface area contributed by atoms with E-state index in [1.165, 1.54) is 0 Å². The van der Waals surface area contributed by atoms with E-state index in [4.69, 9.17) is 18.9 Å². The fourth-order valence-electron chi connectivity index (χ4n) is 2.85. The molecule has 0 aromatic carbocycles. The molecule has 0 spiro atoms. The molecule has 0 aromatic rings. The van der Waals surface area contributed by atoms with Gasteiger partial charge in [0.15, 0.2) is 0 Å². The van der Waals surface area contributed by atoms with E-state index in [9.17, 15) is 0 Å². The monoisotopic (exact) mass is 288 g/mol. The van der Waals surface area contributed by atoms with E-state index in [2.05, 4.69) is 13.8 Å². The van der Waals surface area contributed by atoms with Gasteiger partial charge in [-0.1, -0.05) is 6.92 Å². The van der Waals surface area contributed by atoms with Crippen LogP contribution in [0.4, 0.5) is 0 Å². The SMILES string of the molecule is CCOCC(CC)(COC)CC(C)OCC1CCCO1. The fraction of sp³-hybridized carbons (Fsp3) is 1.00. The van der Waals surface area contributed by atoms with Gasteiger partial charge < -0.3 is 18.9 Å². The summed E-state index contributed by atoms with van der Waals surface area (Å²) in [5, 5.41) is 0. The third kappa shape index (κ3) is 6.08. The summed E-state index contributed by atoms with van der Waals surface area (Å²) in [7, 11) is 1.76. The van der Waals surface area contributed by atoms with Crippen LogP contribution >= 0.6 is 0 Å². The molecule has 120 valence electrons. The molecule has 1 aliphatic heterocycles. The molecular weight excluding hydrogens is 256 g/mol. The molecule has 1 saturated heterocycles. The van der Waals surface area contributed by atoms with Crippen molar-refractivity contribution in [2.45, 2.75) is 58.7 Å². The minimum Gasteiger partial charge on any atom is -0.384 e. The zero-order chi connectivity index (χ0) is 14.8. The molecule has 1 rings (SSSR count). The van der Waals surface area contributed by atoms with Crippen LogP contribution in [0.5, 0.6) is 0 Å². The van der Waals surface area contributed by atoms with Crippen LogP contribution in [0.2, 0.25) is 0 Å². The maximum Gasteiger partial charge on any atom is 0.0809 e. The van der Waals surface area contributed by atoms with Crippen LogP contribution in [-0.4, -0.2) is 52.4 Å². The second-order valence-corrected chi connectivity index (χ2v) is 5.91. The smallest absolute Gasteiger partial charge is 0.0809 e. The number of hydrogen-bond acceptors (Lipinski definition) is 4. The summed E-state index contributed by atoms with van der Waals surface area (Å²) in [6, 6.07) is 0. The highest BCUT2D eigenvalue weighted by Crippen LogP contribution is 2.30. The molecule has 0 bridgehead atoms. The van der Waals surface area contributed by atoms with E-state index in [-0.39, 0.29) is 11.5 Å². The van der Waals surface area contributed by atoms with Crippen molar-refractivity contribution in [2.24, 2.45) is 5.41 Å². The van der Waals surface area contributed by atoms with Gasteiger partial charge in [-0.3, -0.25) is 0 Å². The summed E-state index contributed by atoms with van der Waals surface area (Å²) >= 11 is 0. The molecule has 0 radical (unpaired) electrons. The quantitative estimate of drug-likeness (QED) is 0.585. The standard InChI is InChI=1S/C16H32O4/c1-5-16(12-17-4,13-18-6-2)10-14(3)20-11-15-8-7-9-19-15/h14-15H,5-13H2,1-4H3. The minimum absolute atomic E-state index is 0.0563. The van der Waals surface area contributed by atoms with Crippen molar-refractivity contribution in [3.8, 4) is 0 Å². The van der Waals surface area contributed by atoms with E-state index >= 15 is 0 Å². The number of hydrogen-bond donors (Lipinski definition) is 0. The fourth-order valence-corrected chi connectivity index (χ4v) is 2.85. The minimum atomic E-state index is 0.0563. The maximum absolute atomic E-state index is 5.97. The Balaban J connectivity index is 2.40. The first-order valence-electron chi connectivity index (χ1n) is 7.95. The van der Waals surface area contributed by atoms with Crippen LogP contribution in [0.3, 0.4) is 0 Å². The average molecular weight is 288 g/mol. The zero-order valence-corrected chi connectivity index (χ0v) is 13.7. The third-order valence-electron chi connectivity index (χ3n) is 4.12. The van der Waals surface area contributed by atoms with Crippen LogP contribution in [-0.2, 0) is 18.9 Å². The zero-order valence-electron chi connectivity index (χ0n) is 13.7. The lowest BCUT2D eigenvalue weighted by atomic mass is 9.81. The van der Waals surface area contributed by atoms with Crippen LogP contribution in [0, 0.1) is 5.41 Å². The Hall–Kier alpha value is -0.160. The molecular formula is C16H32O4. The van der Waals surface area contributed by atoms with Gasteiger partial charge in [-0.15, -0.1) is 0 Å². The topological polar surface area (TPSA) is 36.9 Å². The Morgan fingerprint density at radius 3 is 2.65 bits per heavy atom. The molecule has 0 aliphatic carbocycles. The van der Waals surface area contributed by atoms with E-state index in [0.29, 0.717) is 12.7 Å². The molecule has 4 heteroatoms. The molecule has 0 N–H and O–H groups in total. The molecule has 1 fully saturated rings. The van der Waals surface area contributed by atoms with Crippen LogP contribution in [0.1, 0.15) is 46.5 Å². The summed E-state index contributed by atoms with van der Waals surface area (Å²) < 4.78 is 22.6. The van der Waals surface area contributed by atoms with Crippen molar-refractivity contribution in [3.05, 3.63) is 0 Å². The van der Waals surface area contributed by atoms with Crippen molar-refractivity contribution in [3.63, 3.8) is 0 Å². The molecule has 0 amide bonds. The first kappa shape index (κ1) is 17.9. The van der Waals surface area contributed by atoms with Crippen molar-refractivity contribution in [1.82, 2.24) is 0 Å². The van der Waals surface area contributed by atoms with Crippen LogP contribution in [0.25, 0.3) is 0 Å². The highest BCUT2D eigenvalue weighted by Gasteiger charge is 2.31. The van der Waals surface area contributed by atoms with E-state index < -0.39 is 0 Å². The first-order valence-corrected chi connectivity index (χ1v) is 7.95. The maximum atomic E-state index is 5.97. The van der Waals surface area contributed by atoms with Gasteiger partial charge in [-0.05, 0) is 39.5 Å². The largest absolute Gasteiger partial charge is 0.384 e. The Bertz CT molecular complexity index is 241. The summed E-state index contributed by atoms with van der Waals surface area (Å²) in [6.45, 7) is 10.2. The van der Waals surface area contributed by atoms with Crippen molar-refractivity contribution in [2.75, 3.05) is 40.1 Å². The molecule has 0 aromatic heterocycles. The molecule has 3 unspecified atom stereocenters. The summed E-state index contributed by atoms with van der Waals surface area (Å²) in [5.41, 5.74) is 0.0563. The van der Waals surface area contributed by atoms with Crippen molar-refractivity contribution in [1.29, 1.82) is 0 Å².